The first kappa shape index (κ1) is 20.7. The van der Waals surface area contributed by atoms with Crippen LogP contribution in [0.25, 0.3) is 0 Å². The molecule has 0 fully saturated rings. The Hall–Kier alpha value is -2.31. The number of halogens is 1. The Morgan fingerprint density at radius 3 is 2.16 bits per heavy atom. The monoisotopic (exact) mass is 354 g/mol. The van der Waals surface area contributed by atoms with Crippen LogP contribution in [0.2, 0.25) is 0 Å². The number of rotatable bonds is 4. The molecule has 1 aromatic rings. The van der Waals surface area contributed by atoms with Gasteiger partial charge < -0.3 is 20.5 Å². The molecule has 0 aliphatic heterocycles. The van der Waals surface area contributed by atoms with Gasteiger partial charge in [-0.3, -0.25) is 0 Å². The standard InChI is InChI=1S/C18H27FN2O4/c1-17(2,3)24-15(22)14(21-16(23)25-18(4,5)6)10-11-7-8-13(20)12(19)9-11/h7-9,14H,10,20H2,1-6H3,(H,21,23)/t14-/m0/s1. The molecule has 0 saturated carbocycles. The molecule has 0 spiro atoms. The summed E-state index contributed by atoms with van der Waals surface area (Å²) in [5.74, 6) is -1.21. The quantitative estimate of drug-likeness (QED) is 0.640. The zero-order valence-corrected chi connectivity index (χ0v) is 15.6. The molecular formula is C18H27FN2O4. The molecule has 6 nitrogen and oxygen atoms in total. The lowest BCUT2D eigenvalue weighted by molar-refractivity contribution is -0.157. The van der Waals surface area contributed by atoms with E-state index in [0.29, 0.717) is 5.56 Å². The van der Waals surface area contributed by atoms with E-state index in [1.807, 2.05) is 0 Å². The highest BCUT2D eigenvalue weighted by Gasteiger charge is 2.29. The van der Waals surface area contributed by atoms with Crippen molar-refractivity contribution in [3.8, 4) is 0 Å². The van der Waals surface area contributed by atoms with Gasteiger partial charge in [-0.1, -0.05) is 6.07 Å². The number of esters is 1. The first-order chi connectivity index (χ1) is 11.3. The first-order valence-corrected chi connectivity index (χ1v) is 8.03. The highest BCUT2D eigenvalue weighted by molar-refractivity contribution is 5.82. The average Bonchev–Trinajstić information content (AvgIpc) is 2.38. The van der Waals surface area contributed by atoms with Gasteiger partial charge in [0.15, 0.2) is 0 Å². The van der Waals surface area contributed by atoms with Crippen LogP contribution in [0.1, 0.15) is 47.1 Å². The van der Waals surface area contributed by atoms with Crippen LogP contribution in [0.5, 0.6) is 0 Å². The molecule has 1 rings (SSSR count). The summed E-state index contributed by atoms with van der Waals surface area (Å²) in [7, 11) is 0. The van der Waals surface area contributed by atoms with E-state index in [1.165, 1.54) is 12.1 Å². The molecule has 7 heteroatoms. The van der Waals surface area contributed by atoms with E-state index >= 15 is 0 Å². The summed E-state index contributed by atoms with van der Waals surface area (Å²) in [6.45, 7) is 10.3. The molecule has 1 aromatic carbocycles. The van der Waals surface area contributed by atoms with Gasteiger partial charge in [0.2, 0.25) is 0 Å². The van der Waals surface area contributed by atoms with Crippen molar-refractivity contribution in [3.05, 3.63) is 29.6 Å². The molecule has 0 aromatic heterocycles. The molecule has 0 aliphatic rings. The molecule has 140 valence electrons. The van der Waals surface area contributed by atoms with Gasteiger partial charge in [-0.05, 0) is 59.2 Å². The van der Waals surface area contributed by atoms with Gasteiger partial charge in [-0.2, -0.15) is 0 Å². The van der Waals surface area contributed by atoms with Crippen molar-refractivity contribution >= 4 is 17.7 Å². The predicted octanol–water partition coefficient (Wildman–Crippen LogP) is 3.19. The van der Waals surface area contributed by atoms with E-state index < -0.39 is 35.1 Å². The van der Waals surface area contributed by atoms with E-state index in [0.717, 1.165) is 0 Å². The van der Waals surface area contributed by atoms with Gasteiger partial charge >= 0.3 is 12.1 Å². The number of ether oxygens (including phenoxy) is 2. The van der Waals surface area contributed by atoms with Crippen LogP contribution >= 0.6 is 0 Å². The molecule has 0 radical (unpaired) electrons. The van der Waals surface area contributed by atoms with Crippen molar-refractivity contribution in [1.82, 2.24) is 5.32 Å². The van der Waals surface area contributed by atoms with E-state index in [1.54, 1.807) is 47.6 Å². The number of nitrogen functional groups attached to an aromatic ring is 1. The number of nitrogens with two attached hydrogens (primary N) is 1. The largest absolute Gasteiger partial charge is 0.458 e. The number of hydrogen-bond donors (Lipinski definition) is 2. The van der Waals surface area contributed by atoms with Crippen molar-refractivity contribution < 1.29 is 23.5 Å². The minimum absolute atomic E-state index is 0.0117. The summed E-state index contributed by atoms with van der Waals surface area (Å²) in [6.07, 6.45) is -0.704. The highest BCUT2D eigenvalue weighted by Crippen LogP contribution is 2.16. The molecule has 1 amide bonds. The van der Waals surface area contributed by atoms with Crippen molar-refractivity contribution in [2.75, 3.05) is 5.73 Å². The third-order valence-corrected chi connectivity index (χ3v) is 2.89. The van der Waals surface area contributed by atoms with Crippen molar-refractivity contribution in [1.29, 1.82) is 0 Å². The SMILES string of the molecule is CC(C)(C)OC(=O)N[C@@H](Cc1ccc(N)c(F)c1)C(=O)OC(C)(C)C. The second-order valence-electron chi connectivity index (χ2n) is 7.79. The number of amides is 1. The minimum atomic E-state index is -1.02. The smallest absolute Gasteiger partial charge is 0.408 e. The number of anilines is 1. The molecule has 1 atom stereocenters. The van der Waals surface area contributed by atoms with Crippen LogP contribution in [0.4, 0.5) is 14.9 Å². The fourth-order valence-electron chi connectivity index (χ4n) is 1.95. The number of carbonyl (C=O) groups excluding carboxylic acids is 2. The Morgan fingerprint density at radius 2 is 1.68 bits per heavy atom. The third-order valence-electron chi connectivity index (χ3n) is 2.89. The van der Waals surface area contributed by atoms with Crippen molar-refractivity contribution in [2.24, 2.45) is 0 Å². The zero-order chi connectivity index (χ0) is 19.4. The van der Waals surface area contributed by atoms with Crippen molar-refractivity contribution in [3.63, 3.8) is 0 Å². The Labute approximate surface area is 147 Å². The second-order valence-corrected chi connectivity index (χ2v) is 7.79. The first-order valence-electron chi connectivity index (χ1n) is 8.03. The Morgan fingerprint density at radius 1 is 1.12 bits per heavy atom. The summed E-state index contributed by atoms with van der Waals surface area (Å²) in [5.41, 5.74) is 4.53. The van der Waals surface area contributed by atoms with E-state index in [-0.39, 0.29) is 12.1 Å². The Bertz CT molecular complexity index is 633. The molecule has 0 heterocycles. The van der Waals surface area contributed by atoms with Crippen molar-refractivity contribution in [2.45, 2.75) is 65.2 Å². The van der Waals surface area contributed by atoms with E-state index in [9.17, 15) is 14.0 Å². The molecule has 0 saturated heterocycles. The fraction of sp³-hybridized carbons (Fsp3) is 0.556. The van der Waals surface area contributed by atoms with Crippen LogP contribution in [0.3, 0.4) is 0 Å². The number of carbonyl (C=O) groups is 2. The zero-order valence-electron chi connectivity index (χ0n) is 15.6. The van der Waals surface area contributed by atoms with E-state index in [2.05, 4.69) is 5.32 Å². The Kier molecular flexibility index (Phi) is 6.40. The van der Waals surface area contributed by atoms with Gasteiger partial charge in [0.25, 0.3) is 0 Å². The lowest BCUT2D eigenvalue weighted by atomic mass is 10.0. The molecule has 0 bridgehead atoms. The number of alkyl carbamates (subject to hydrolysis) is 1. The number of benzene rings is 1. The minimum Gasteiger partial charge on any atom is -0.458 e. The van der Waals surface area contributed by atoms with Crippen LogP contribution in [0.15, 0.2) is 18.2 Å². The van der Waals surface area contributed by atoms with Crippen LogP contribution in [-0.2, 0) is 20.7 Å². The van der Waals surface area contributed by atoms with Crippen LogP contribution < -0.4 is 11.1 Å². The predicted molar refractivity (Wildman–Crippen MR) is 93.5 cm³/mol. The summed E-state index contributed by atoms with van der Waals surface area (Å²) in [4.78, 5) is 24.4. The van der Waals surface area contributed by atoms with Gasteiger partial charge in [0.05, 0.1) is 5.69 Å². The normalized spacial score (nSPS) is 13.1. The number of nitrogens with one attached hydrogen (secondary N) is 1. The fourth-order valence-corrected chi connectivity index (χ4v) is 1.95. The van der Waals surface area contributed by atoms with Gasteiger partial charge in [0, 0.05) is 6.42 Å². The van der Waals surface area contributed by atoms with Gasteiger partial charge in [-0.15, -0.1) is 0 Å². The summed E-state index contributed by atoms with van der Waals surface area (Å²) in [5, 5.41) is 2.49. The summed E-state index contributed by atoms with van der Waals surface area (Å²) in [6, 6.07) is 3.21. The lowest BCUT2D eigenvalue weighted by Crippen LogP contribution is -2.47. The summed E-state index contributed by atoms with van der Waals surface area (Å²) < 4.78 is 24.1. The molecule has 0 aliphatic carbocycles. The van der Waals surface area contributed by atoms with Crippen LogP contribution in [0, 0.1) is 5.82 Å². The summed E-state index contributed by atoms with van der Waals surface area (Å²) >= 11 is 0. The average molecular weight is 354 g/mol. The number of hydrogen-bond acceptors (Lipinski definition) is 5. The maximum absolute atomic E-state index is 13.6. The molecule has 3 N–H and O–H groups in total. The lowest BCUT2D eigenvalue weighted by Gasteiger charge is -2.26. The van der Waals surface area contributed by atoms with Gasteiger partial charge in [-0.25, -0.2) is 14.0 Å². The molecule has 25 heavy (non-hydrogen) atoms. The maximum atomic E-state index is 13.6. The van der Waals surface area contributed by atoms with Crippen LogP contribution in [-0.4, -0.2) is 29.3 Å². The van der Waals surface area contributed by atoms with Gasteiger partial charge in [0.1, 0.15) is 23.1 Å². The Balaban J connectivity index is 2.95. The second kappa shape index (κ2) is 7.72. The molecule has 0 unspecified atom stereocenters. The highest BCUT2D eigenvalue weighted by atomic mass is 19.1. The molecular weight excluding hydrogens is 327 g/mol. The maximum Gasteiger partial charge on any atom is 0.408 e. The van der Waals surface area contributed by atoms with E-state index in [4.69, 9.17) is 15.2 Å². The third kappa shape index (κ3) is 7.87. The topological polar surface area (TPSA) is 90.6 Å².